The summed E-state index contributed by atoms with van der Waals surface area (Å²) in [6, 6.07) is 11.4. The highest BCUT2D eigenvalue weighted by molar-refractivity contribution is 9.10. The number of ether oxygens (including phenoxy) is 2. The zero-order valence-electron chi connectivity index (χ0n) is 13.8. The second-order valence-corrected chi connectivity index (χ2v) is 6.65. The van der Waals surface area contributed by atoms with Crippen LogP contribution in [0.3, 0.4) is 0 Å². The first kappa shape index (κ1) is 16.8. The highest BCUT2D eigenvalue weighted by atomic mass is 79.9. The van der Waals surface area contributed by atoms with Crippen LogP contribution >= 0.6 is 15.9 Å². The maximum absolute atomic E-state index is 12.4. The zero-order valence-corrected chi connectivity index (χ0v) is 15.4. The molecule has 0 saturated heterocycles. The van der Waals surface area contributed by atoms with E-state index in [0.717, 1.165) is 33.5 Å². The van der Waals surface area contributed by atoms with Gasteiger partial charge in [0.05, 0.1) is 12.2 Å². The van der Waals surface area contributed by atoms with E-state index in [1.807, 2.05) is 37.3 Å². The second-order valence-electron chi connectivity index (χ2n) is 5.80. The van der Waals surface area contributed by atoms with E-state index in [0.29, 0.717) is 18.7 Å². The van der Waals surface area contributed by atoms with Crippen molar-refractivity contribution in [3.63, 3.8) is 0 Å². The second kappa shape index (κ2) is 7.26. The van der Waals surface area contributed by atoms with E-state index in [1.54, 1.807) is 6.07 Å². The van der Waals surface area contributed by atoms with Gasteiger partial charge in [0.25, 0.3) is 5.91 Å². The molecule has 0 saturated carbocycles. The first-order valence-electron chi connectivity index (χ1n) is 8.06. The molecule has 2 aromatic rings. The quantitative estimate of drug-likeness (QED) is 0.836. The topological polar surface area (TPSA) is 47.6 Å². The van der Waals surface area contributed by atoms with Crippen molar-refractivity contribution >= 4 is 21.8 Å². The van der Waals surface area contributed by atoms with Crippen LogP contribution in [0.15, 0.2) is 40.9 Å². The normalized spacial score (nSPS) is 15.5. The van der Waals surface area contributed by atoms with Crippen LogP contribution in [-0.2, 0) is 13.0 Å². The van der Waals surface area contributed by atoms with Gasteiger partial charge in [0.15, 0.2) is 0 Å². The highest BCUT2D eigenvalue weighted by Crippen LogP contribution is 2.35. The van der Waals surface area contributed by atoms with Crippen molar-refractivity contribution in [3.05, 3.63) is 57.6 Å². The van der Waals surface area contributed by atoms with Gasteiger partial charge in [-0.25, -0.2) is 0 Å². The van der Waals surface area contributed by atoms with Crippen LogP contribution in [0, 0.1) is 0 Å². The molecule has 1 atom stereocenters. The minimum absolute atomic E-state index is 0.125. The Hall–Kier alpha value is -2.01. The molecule has 0 spiro atoms. The SMILES string of the molecule is CCOc1cc2c(cc1CNC(=O)c1ccccc1Br)O[C@H](C)C2. The van der Waals surface area contributed by atoms with Gasteiger partial charge >= 0.3 is 0 Å². The summed E-state index contributed by atoms with van der Waals surface area (Å²) in [4.78, 5) is 12.4. The summed E-state index contributed by atoms with van der Waals surface area (Å²) >= 11 is 3.40. The van der Waals surface area contributed by atoms with E-state index in [2.05, 4.69) is 28.2 Å². The van der Waals surface area contributed by atoms with Crippen molar-refractivity contribution < 1.29 is 14.3 Å². The molecule has 3 rings (SSSR count). The molecule has 4 nitrogen and oxygen atoms in total. The Morgan fingerprint density at radius 1 is 1.38 bits per heavy atom. The molecule has 24 heavy (non-hydrogen) atoms. The minimum Gasteiger partial charge on any atom is -0.494 e. The lowest BCUT2D eigenvalue weighted by molar-refractivity contribution is 0.0950. The number of fused-ring (bicyclic) bond motifs is 1. The monoisotopic (exact) mass is 389 g/mol. The number of hydrogen-bond donors (Lipinski definition) is 1. The highest BCUT2D eigenvalue weighted by Gasteiger charge is 2.22. The van der Waals surface area contributed by atoms with Gasteiger partial charge in [0, 0.05) is 28.6 Å². The summed E-state index contributed by atoms with van der Waals surface area (Å²) in [5, 5.41) is 2.95. The van der Waals surface area contributed by atoms with Crippen LogP contribution in [-0.4, -0.2) is 18.6 Å². The molecule has 0 unspecified atom stereocenters. The summed E-state index contributed by atoms with van der Waals surface area (Å²) in [5.41, 5.74) is 2.69. The first-order chi connectivity index (χ1) is 11.6. The van der Waals surface area contributed by atoms with Gasteiger partial charge in [-0.3, -0.25) is 4.79 Å². The summed E-state index contributed by atoms with van der Waals surface area (Å²) in [6.45, 7) is 4.98. The van der Waals surface area contributed by atoms with Crippen molar-refractivity contribution in [2.45, 2.75) is 32.9 Å². The van der Waals surface area contributed by atoms with E-state index in [-0.39, 0.29) is 12.0 Å². The van der Waals surface area contributed by atoms with Crippen LogP contribution in [0.4, 0.5) is 0 Å². The van der Waals surface area contributed by atoms with Gasteiger partial charge in [-0.15, -0.1) is 0 Å². The summed E-state index contributed by atoms with van der Waals surface area (Å²) < 4.78 is 12.3. The smallest absolute Gasteiger partial charge is 0.252 e. The average Bonchev–Trinajstić information content (AvgIpc) is 2.92. The fourth-order valence-electron chi connectivity index (χ4n) is 2.83. The molecule has 0 bridgehead atoms. The lowest BCUT2D eigenvalue weighted by atomic mass is 10.1. The van der Waals surface area contributed by atoms with Crippen LogP contribution < -0.4 is 14.8 Å². The molecule has 2 aromatic carbocycles. The van der Waals surface area contributed by atoms with Crippen molar-refractivity contribution in [1.29, 1.82) is 0 Å². The fraction of sp³-hybridized carbons (Fsp3) is 0.316. The predicted molar refractivity (Wildman–Crippen MR) is 96.7 cm³/mol. The van der Waals surface area contributed by atoms with Crippen LogP contribution in [0.2, 0.25) is 0 Å². The molecular formula is C19H20BrNO3. The first-order valence-corrected chi connectivity index (χ1v) is 8.85. The van der Waals surface area contributed by atoms with E-state index in [1.165, 1.54) is 0 Å². The maximum atomic E-state index is 12.4. The molecule has 1 heterocycles. The summed E-state index contributed by atoms with van der Waals surface area (Å²) in [7, 11) is 0. The van der Waals surface area contributed by atoms with Crippen molar-refractivity contribution in [2.24, 2.45) is 0 Å². The van der Waals surface area contributed by atoms with Crippen LogP contribution in [0.1, 0.15) is 35.3 Å². The van der Waals surface area contributed by atoms with Crippen molar-refractivity contribution in [2.75, 3.05) is 6.61 Å². The molecule has 1 amide bonds. The Morgan fingerprint density at radius 2 is 2.17 bits per heavy atom. The van der Waals surface area contributed by atoms with Crippen molar-refractivity contribution in [1.82, 2.24) is 5.32 Å². The van der Waals surface area contributed by atoms with E-state index >= 15 is 0 Å². The van der Waals surface area contributed by atoms with Gasteiger partial charge in [-0.1, -0.05) is 12.1 Å². The molecule has 0 radical (unpaired) electrons. The Balaban J connectivity index is 1.78. The van der Waals surface area contributed by atoms with Gasteiger partial charge in [0.1, 0.15) is 17.6 Å². The molecule has 0 aliphatic carbocycles. The Morgan fingerprint density at radius 3 is 2.92 bits per heavy atom. The Labute approximate surface area is 150 Å². The number of halogens is 1. The molecular weight excluding hydrogens is 370 g/mol. The summed E-state index contributed by atoms with van der Waals surface area (Å²) in [6.07, 6.45) is 1.07. The average molecular weight is 390 g/mol. The molecule has 1 aliphatic rings. The fourth-order valence-corrected chi connectivity index (χ4v) is 3.29. The number of benzene rings is 2. The number of amides is 1. The lowest BCUT2D eigenvalue weighted by Gasteiger charge is -2.13. The minimum atomic E-state index is -0.125. The molecule has 0 fully saturated rings. The van der Waals surface area contributed by atoms with Gasteiger partial charge < -0.3 is 14.8 Å². The summed E-state index contributed by atoms with van der Waals surface area (Å²) in [5.74, 6) is 1.57. The molecule has 126 valence electrons. The third-order valence-corrected chi connectivity index (χ3v) is 4.63. The molecule has 5 heteroatoms. The van der Waals surface area contributed by atoms with Gasteiger partial charge in [-0.2, -0.15) is 0 Å². The number of rotatable bonds is 5. The van der Waals surface area contributed by atoms with E-state index in [9.17, 15) is 4.79 Å². The lowest BCUT2D eigenvalue weighted by Crippen LogP contribution is -2.23. The van der Waals surface area contributed by atoms with Crippen LogP contribution in [0.5, 0.6) is 11.5 Å². The maximum Gasteiger partial charge on any atom is 0.252 e. The number of nitrogens with one attached hydrogen (secondary N) is 1. The molecule has 1 aliphatic heterocycles. The number of hydrogen-bond acceptors (Lipinski definition) is 3. The van der Waals surface area contributed by atoms with E-state index in [4.69, 9.17) is 9.47 Å². The zero-order chi connectivity index (χ0) is 17.1. The van der Waals surface area contributed by atoms with Crippen LogP contribution in [0.25, 0.3) is 0 Å². The van der Waals surface area contributed by atoms with E-state index < -0.39 is 0 Å². The Bertz CT molecular complexity index is 760. The van der Waals surface area contributed by atoms with Gasteiger partial charge in [0.2, 0.25) is 0 Å². The largest absolute Gasteiger partial charge is 0.494 e. The third-order valence-electron chi connectivity index (χ3n) is 3.94. The Kier molecular flexibility index (Phi) is 5.09. The standard InChI is InChI=1S/C19H20BrNO3/c1-3-23-17-9-13-8-12(2)24-18(13)10-14(17)11-21-19(22)15-6-4-5-7-16(15)20/h4-7,9-10,12H,3,8,11H2,1-2H3,(H,21,22)/t12-/m1/s1. The number of carbonyl (C=O) groups is 1. The molecule has 0 aromatic heterocycles. The third kappa shape index (κ3) is 3.56. The van der Waals surface area contributed by atoms with Gasteiger partial charge in [-0.05, 0) is 54.0 Å². The number of carbonyl (C=O) groups excluding carboxylic acids is 1. The van der Waals surface area contributed by atoms with Crippen molar-refractivity contribution in [3.8, 4) is 11.5 Å². The predicted octanol–water partition coefficient (Wildman–Crippen LogP) is 4.10. The molecule has 1 N–H and O–H groups in total.